The topological polar surface area (TPSA) is 24.9 Å². The third kappa shape index (κ3) is 2.31. The van der Waals surface area contributed by atoms with Crippen LogP contribution in [0.5, 0.6) is 0 Å². The minimum absolute atomic E-state index is 0.646. The largest absolute Gasteiger partial charge is 0.381 e. The van der Waals surface area contributed by atoms with E-state index in [0.29, 0.717) is 6.04 Å². The molecule has 1 saturated carbocycles. The van der Waals surface area contributed by atoms with E-state index in [4.69, 9.17) is 0 Å². The summed E-state index contributed by atoms with van der Waals surface area (Å²) in [5.74, 6) is 0.797. The Bertz CT molecular complexity index is 346. The van der Waals surface area contributed by atoms with Crippen LogP contribution in [0.25, 0.3) is 0 Å². The van der Waals surface area contributed by atoms with Crippen LogP contribution in [0.4, 0.5) is 5.69 Å². The number of anilines is 1. The Morgan fingerprint density at radius 3 is 2.67 bits per heavy atom. The molecule has 2 unspecified atom stereocenters. The first kappa shape index (κ1) is 10.5. The molecule has 82 valence electrons. The lowest BCUT2D eigenvalue weighted by Crippen LogP contribution is -2.22. The molecule has 0 aromatic carbocycles. The zero-order valence-corrected chi connectivity index (χ0v) is 9.88. The van der Waals surface area contributed by atoms with E-state index in [-0.39, 0.29) is 0 Å². The van der Waals surface area contributed by atoms with Gasteiger partial charge in [-0.3, -0.25) is 4.98 Å². The SMILES string of the molecule is Cc1ccc(NC2CCCC2C)c(C)n1. The highest BCUT2D eigenvalue weighted by Gasteiger charge is 2.23. The molecule has 0 amide bonds. The zero-order chi connectivity index (χ0) is 10.8. The second kappa shape index (κ2) is 4.21. The van der Waals surface area contributed by atoms with E-state index in [1.165, 1.54) is 24.9 Å². The zero-order valence-electron chi connectivity index (χ0n) is 9.88. The van der Waals surface area contributed by atoms with E-state index in [0.717, 1.165) is 17.3 Å². The van der Waals surface area contributed by atoms with Gasteiger partial charge < -0.3 is 5.32 Å². The molecular formula is C13H20N2. The average molecular weight is 204 g/mol. The Labute approximate surface area is 92.1 Å². The minimum atomic E-state index is 0.646. The minimum Gasteiger partial charge on any atom is -0.381 e. The second-order valence-corrected chi connectivity index (χ2v) is 4.74. The summed E-state index contributed by atoms with van der Waals surface area (Å²) < 4.78 is 0. The van der Waals surface area contributed by atoms with Crippen molar-refractivity contribution in [2.24, 2.45) is 5.92 Å². The van der Waals surface area contributed by atoms with Crippen molar-refractivity contribution in [1.29, 1.82) is 0 Å². The number of hydrogen-bond acceptors (Lipinski definition) is 2. The Hall–Kier alpha value is -1.05. The maximum absolute atomic E-state index is 4.48. The molecule has 2 rings (SSSR count). The van der Waals surface area contributed by atoms with Gasteiger partial charge in [-0.1, -0.05) is 13.3 Å². The van der Waals surface area contributed by atoms with Gasteiger partial charge in [0.25, 0.3) is 0 Å². The van der Waals surface area contributed by atoms with E-state index in [1.54, 1.807) is 0 Å². The highest BCUT2D eigenvalue weighted by Crippen LogP contribution is 2.28. The van der Waals surface area contributed by atoms with Crippen LogP contribution in [0.2, 0.25) is 0 Å². The second-order valence-electron chi connectivity index (χ2n) is 4.74. The highest BCUT2D eigenvalue weighted by molar-refractivity contribution is 5.48. The maximum Gasteiger partial charge on any atom is 0.0606 e. The monoisotopic (exact) mass is 204 g/mol. The van der Waals surface area contributed by atoms with E-state index in [1.807, 2.05) is 6.92 Å². The Kier molecular flexibility index (Phi) is 2.94. The van der Waals surface area contributed by atoms with E-state index in [2.05, 4.69) is 36.3 Å². The Balaban J connectivity index is 2.10. The van der Waals surface area contributed by atoms with Crippen molar-refractivity contribution in [2.75, 3.05) is 5.32 Å². The van der Waals surface area contributed by atoms with Crippen LogP contribution in [0, 0.1) is 19.8 Å². The lowest BCUT2D eigenvalue weighted by atomic mass is 10.1. The van der Waals surface area contributed by atoms with Gasteiger partial charge in [0.05, 0.1) is 11.4 Å². The van der Waals surface area contributed by atoms with Gasteiger partial charge in [-0.15, -0.1) is 0 Å². The molecule has 0 aliphatic heterocycles. The van der Waals surface area contributed by atoms with Crippen molar-refractivity contribution >= 4 is 5.69 Å². The van der Waals surface area contributed by atoms with Gasteiger partial charge in [-0.2, -0.15) is 0 Å². The molecular weight excluding hydrogens is 184 g/mol. The number of aromatic nitrogens is 1. The summed E-state index contributed by atoms with van der Waals surface area (Å²) in [6.45, 7) is 6.45. The first-order valence-corrected chi connectivity index (χ1v) is 5.87. The van der Waals surface area contributed by atoms with Crippen molar-refractivity contribution in [3.63, 3.8) is 0 Å². The molecule has 15 heavy (non-hydrogen) atoms. The molecule has 0 spiro atoms. The van der Waals surface area contributed by atoms with Gasteiger partial charge in [0.1, 0.15) is 0 Å². The summed E-state index contributed by atoms with van der Waals surface area (Å²) in [5, 5.41) is 3.62. The summed E-state index contributed by atoms with van der Waals surface area (Å²) in [6, 6.07) is 4.88. The molecule has 1 N–H and O–H groups in total. The summed E-state index contributed by atoms with van der Waals surface area (Å²) in [5.41, 5.74) is 3.42. The molecule has 1 aromatic rings. The molecule has 1 heterocycles. The van der Waals surface area contributed by atoms with Crippen LogP contribution in [-0.4, -0.2) is 11.0 Å². The van der Waals surface area contributed by atoms with Crippen molar-refractivity contribution in [3.05, 3.63) is 23.5 Å². The van der Waals surface area contributed by atoms with Gasteiger partial charge in [0, 0.05) is 11.7 Å². The molecule has 2 atom stereocenters. The third-order valence-electron chi connectivity index (χ3n) is 3.43. The molecule has 0 saturated heterocycles. The van der Waals surface area contributed by atoms with E-state index < -0.39 is 0 Å². The van der Waals surface area contributed by atoms with Crippen LogP contribution in [0.1, 0.15) is 37.6 Å². The maximum atomic E-state index is 4.48. The fourth-order valence-corrected chi connectivity index (χ4v) is 2.40. The van der Waals surface area contributed by atoms with Gasteiger partial charge >= 0.3 is 0 Å². The van der Waals surface area contributed by atoms with Crippen LogP contribution in [-0.2, 0) is 0 Å². The number of nitrogens with zero attached hydrogens (tertiary/aromatic N) is 1. The van der Waals surface area contributed by atoms with Crippen molar-refractivity contribution < 1.29 is 0 Å². The van der Waals surface area contributed by atoms with Gasteiger partial charge in [-0.05, 0) is 44.7 Å². The van der Waals surface area contributed by atoms with Crippen molar-refractivity contribution in [1.82, 2.24) is 4.98 Å². The summed E-state index contributed by atoms with van der Waals surface area (Å²) in [4.78, 5) is 4.48. The highest BCUT2D eigenvalue weighted by atomic mass is 15.0. The number of hydrogen-bond donors (Lipinski definition) is 1. The Morgan fingerprint density at radius 2 is 2.07 bits per heavy atom. The van der Waals surface area contributed by atoms with Crippen LogP contribution >= 0.6 is 0 Å². The standard InChI is InChI=1S/C13H20N2/c1-9-5-4-6-12(9)15-13-8-7-10(2)14-11(13)3/h7-9,12,15H,4-6H2,1-3H3. The van der Waals surface area contributed by atoms with Crippen LogP contribution < -0.4 is 5.32 Å². The fourth-order valence-electron chi connectivity index (χ4n) is 2.40. The average Bonchev–Trinajstić information content (AvgIpc) is 2.57. The number of aryl methyl sites for hydroxylation is 2. The van der Waals surface area contributed by atoms with Crippen LogP contribution in [0.15, 0.2) is 12.1 Å². The van der Waals surface area contributed by atoms with Gasteiger partial charge in [0.15, 0.2) is 0 Å². The smallest absolute Gasteiger partial charge is 0.0606 e. The molecule has 1 fully saturated rings. The first-order chi connectivity index (χ1) is 7.16. The first-order valence-electron chi connectivity index (χ1n) is 5.87. The molecule has 2 nitrogen and oxygen atoms in total. The van der Waals surface area contributed by atoms with Gasteiger partial charge in [-0.25, -0.2) is 0 Å². The predicted octanol–water partition coefficient (Wildman–Crippen LogP) is 3.30. The molecule has 0 radical (unpaired) electrons. The number of nitrogens with one attached hydrogen (secondary N) is 1. The lowest BCUT2D eigenvalue weighted by molar-refractivity contribution is 0.556. The molecule has 0 bridgehead atoms. The predicted molar refractivity (Wildman–Crippen MR) is 64.1 cm³/mol. The molecule has 2 heteroatoms. The fraction of sp³-hybridized carbons (Fsp3) is 0.615. The number of pyridine rings is 1. The van der Waals surface area contributed by atoms with Crippen LogP contribution in [0.3, 0.4) is 0 Å². The summed E-state index contributed by atoms with van der Waals surface area (Å²) >= 11 is 0. The quantitative estimate of drug-likeness (QED) is 0.799. The normalized spacial score (nSPS) is 25.5. The lowest BCUT2D eigenvalue weighted by Gasteiger charge is -2.19. The van der Waals surface area contributed by atoms with Crippen molar-refractivity contribution in [3.8, 4) is 0 Å². The molecule has 1 aromatic heterocycles. The molecule has 1 aliphatic carbocycles. The molecule has 1 aliphatic rings. The summed E-state index contributed by atoms with van der Waals surface area (Å²) in [6.07, 6.45) is 4.02. The van der Waals surface area contributed by atoms with Crippen molar-refractivity contribution in [2.45, 2.75) is 46.1 Å². The Morgan fingerprint density at radius 1 is 1.27 bits per heavy atom. The van der Waals surface area contributed by atoms with E-state index >= 15 is 0 Å². The number of rotatable bonds is 2. The van der Waals surface area contributed by atoms with Gasteiger partial charge in [0.2, 0.25) is 0 Å². The van der Waals surface area contributed by atoms with E-state index in [9.17, 15) is 0 Å². The third-order valence-corrected chi connectivity index (χ3v) is 3.43. The summed E-state index contributed by atoms with van der Waals surface area (Å²) in [7, 11) is 0.